The summed E-state index contributed by atoms with van der Waals surface area (Å²) >= 11 is 0. The first-order valence-corrected chi connectivity index (χ1v) is 9.36. The average molecular weight is 378 g/mol. The van der Waals surface area contributed by atoms with Crippen molar-refractivity contribution in [3.63, 3.8) is 0 Å². The smallest absolute Gasteiger partial charge is 0.275 e. The van der Waals surface area contributed by atoms with Crippen LogP contribution in [0.5, 0.6) is 0 Å². The lowest BCUT2D eigenvalue weighted by molar-refractivity contribution is 0.0858. The molecule has 0 saturated carbocycles. The van der Waals surface area contributed by atoms with Gasteiger partial charge in [-0.05, 0) is 49.6 Å². The van der Waals surface area contributed by atoms with E-state index in [1.807, 2.05) is 25.3 Å². The number of para-hydroxylation sites is 1. The Morgan fingerprint density at radius 3 is 2.93 bits per heavy atom. The molecule has 1 aliphatic rings. The number of hydrogen-bond acceptors (Lipinski definition) is 4. The van der Waals surface area contributed by atoms with Crippen molar-refractivity contribution in [1.82, 2.24) is 14.7 Å². The van der Waals surface area contributed by atoms with Crippen LogP contribution >= 0.6 is 0 Å². The molecule has 1 aliphatic heterocycles. The quantitative estimate of drug-likeness (QED) is 0.715. The number of aromatic nitrogens is 2. The Morgan fingerprint density at radius 1 is 1.25 bits per heavy atom. The normalized spacial score (nSPS) is 16.2. The van der Waals surface area contributed by atoms with Crippen LogP contribution in [0.3, 0.4) is 0 Å². The highest BCUT2D eigenvalue weighted by Gasteiger charge is 2.19. The van der Waals surface area contributed by atoms with Crippen molar-refractivity contribution < 1.29 is 14.3 Å². The minimum atomic E-state index is -0.360. The highest BCUT2D eigenvalue weighted by atomic mass is 16.5. The molecule has 0 radical (unpaired) electrons. The minimum Gasteiger partial charge on any atom is -0.376 e. The van der Waals surface area contributed by atoms with Gasteiger partial charge < -0.3 is 19.8 Å². The molecule has 1 aromatic carbocycles. The monoisotopic (exact) mass is 378 g/mol. The van der Waals surface area contributed by atoms with E-state index in [9.17, 15) is 9.59 Å². The first-order valence-electron chi connectivity index (χ1n) is 9.36. The molecular weight excluding hydrogens is 356 g/mol. The second-order valence-corrected chi connectivity index (χ2v) is 6.94. The topological polar surface area (TPSA) is 84.7 Å². The van der Waals surface area contributed by atoms with Gasteiger partial charge in [0.25, 0.3) is 11.8 Å². The molecule has 2 aromatic heterocycles. The van der Waals surface area contributed by atoms with Crippen LogP contribution in [0.15, 0.2) is 48.8 Å². The van der Waals surface area contributed by atoms with E-state index in [2.05, 4.69) is 15.6 Å². The summed E-state index contributed by atoms with van der Waals surface area (Å²) < 4.78 is 7.33. The molecule has 0 unspecified atom stereocenters. The van der Waals surface area contributed by atoms with E-state index in [1.54, 1.807) is 34.9 Å². The lowest BCUT2D eigenvalue weighted by atomic mass is 10.1. The van der Waals surface area contributed by atoms with Gasteiger partial charge in [0.1, 0.15) is 11.3 Å². The zero-order valence-electron chi connectivity index (χ0n) is 15.6. The van der Waals surface area contributed by atoms with Gasteiger partial charge in [0, 0.05) is 25.5 Å². The lowest BCUT2D eigenvalue weighted by Gasteiger charge is -2.13. The van der Waals surface area contributed by atoms with Crippen molar-refractivity contribution in [3.05, 3.63) is 65.6 Å². The third-order valence-corrected chi connectivity index (χ3v) is 4.78. The summed E-state index contributed by atoms with van der Waals surface area (Å²) in [6, 6.07) is 10.8. The Morgan fingerprint density at radius 2 is 2.11 bits per heavy atom. The van der Waals surface area contributed by atoms with Crippen LogP contribution in [0.25, 0.3) is 5.65 Å². The second kappa shape index (κ2) is 7.82. The number of benzene rings is 1. The van der Waals surface area contributed by atoms with E-state index < -0.39 is 0 Å². The molecule has 7 nitrogen and oxygen atoms in total. The SMILES string of the molecule is Cc1ccn2cc(C(=O)Nc3ccccc3C(=O)NC[C@H]3CCCO3)nc2c1. The summed E-state index contributed by atoms with van der Waals surface area (Å²) in [5.41, 5.74) is 2.92. The number of carbonyl (C=O) groups excluding carboxylic acids is 2. The summed E-state index contributed by atoms with van der Waals surface area (Å²) in [6.07, 6.45) is 5.57. The largest absolute Gasteiger partial charge is 0.376 e. The van der Waals surface area contributed by atoms with Gasteiger partial charge in [0.2, 0.25) is 0 Å². The molecule has 28 heavy (non-hydrogen) atoms. The maximum absolute atomic E-state index is 12.7. The Kier molecular flexibility index (Phi) is 5.08. The number of amides is 2. The Hall–Kier alpha value is -3.19. The van der Waals surface area contributed by atoms with Gasteiger partial charge in [-0.25, -0.2) is 4.98 Å². The van der Waals surface area contributed by atoms with Gasteiger partial charge in [0.15, 0.2) is 0 Å². The Balaban J connectivity index is 1.49. The lowest BCUT2D eigenvalue weighted by Crippen LogP contribution is -2.32. The van der Waals surface area contributed by atoms with Crippen molar-refractivity contribution in [2.24, 2.45) is 0 Å². The minimum absolute atomic E-state index is 0.0622. The molecular formula is C21H22N4O3. The maximum atomic E-state index is 12.7. The van der Waals surface area contributed by atoms with E-state index >= 15 is 0 Å². The number of aryl methyl sites for hydroxylation is 1. The molecule has 0 spiro atoms. The predicted molar refractivity (Wildman–Crippen MR) is 106 cm³/mol. The van der Waals surface area contributed by atoms with Crippen molar-refractivity contribution in [2.45, 2.75) is 25.9 Å². The zero-order valence-corrected chi connectivity index (χ0v) is 15.6. The number of rotatable bonds is 5. The fourth-order valence-corrected chi connectivity index (χ4v) is 3.28. The van der Waals surface area contributed by atoms with Gasteiger partial charge in [-0.1, -0.05) is 12.1 Å². The molecule has 3 heterocycles. The predicted octanol–water partition coefficient (Wildman–Crippen LogP) is 2.80. The molecule has 1 fully saturated rings. The number of carbonyl (C=O) groups is 2. The van der Waals surface area contributed by atoms with E-state index in [1.165, 1.54) is 0 Å². The second-order valence-electron chi connectivity index (χ2n) is 6.94. The molecule has 0 aliphatic carbocycles. The van der Waals surface area contributed by atoms with Gasteiger partial charge in [-0.15, -0.1) is 0 Å². The van der Waals surface area contributed by atoms with Crippen molar-refractivity contribution in [3.8, 4) is 0 Å². The van der Waals surface area contributed by atoms with Gasteiger partial charge in [-0.3, -0.25) is 9.59 Å². The number of pyridine rings is 1. The van der Waals surface area contributed by atoms with Crippen molar-refractivity contribution >= 4 is 23.1 Å². The summed E-state index contributed by atoms with van der Waals surface area (Å²) in [7, 11) is 0. The summed E-state index contributed by atoms with van der Waals surface area (Å²) in [5.74, 6) is -0.599. The number of hydrogen-bond donors (Lipinski definition) is 2. The Bertz CT molecular complexity index is 1020. The van der Waals surface area contributed by atoms with E-state index in [0.717, 1.165) is 25.0 Å². The number of nitrogens with one attached hydrogen (secondary N) is 2. The van der Waals surface area contributed by atoms with Crippen LogP contribution in [0.1, 0.15) is 39.3 Å². The van der Waals surface area contributed by atoms with Gasteiger partial charge in [0.05, 0.1) is 17.4 Å². The molecule has 4 rings (SSSR count). The first-order chi connectivity index (χ1) is 13.6. The van der Waals surface area contributed by atoms with Crippen molar-refractivity contribution in [2.75, 3.05) is 18.5 Å². The van der Waals surface area contributed by atoms with Gasteiger partial charge >= 0.3 is 0 Å². The summed E-state index contributed by atoms with van der Waals surface area (Å²) in [5, 5.41) is 5.69. The van der Waals surface area contributed by atoms with Crippen LogP contribution in [0.2, 0.25) is 0 Å². The molecule has 1 atom stereocenters. The van der Waals surface area contributed by atoms with Crippen LogP contribution in [0.4, 0.5) is 5.69 Å². The summed E-state index contributed by atoms with van der Waals surface area (Å²) in [6.45, 7) is 3.18. The van der Waals surface area contributed by atoms with Crippen LogP contribution in [-0.4, -0.2) is 40.5 Å². The zero-order chi connectivity index (χ0) is 19.5. The molecule has 2 amide bonds. The fraction of sp³-hybridized carbons (Fsp3) is 0.286. The summed E-state index contributed by atoms with van der Waals surface area (Å²) in [4.78, 5) is 29.6. The molecule has 3 aromatic rings. The standard InChI is InChI=1S/C21H22N4O3/c1-14-8-9-25-13-18(23-19(25)11-14)21(27)24-17-7-3-2-6-16(17)20(26)22-12-15-5-4-10-28-15/h2-3,6-9,11,13,15H,4-5,10,12H2,1H3,(H,22,26)(H,24,27)/t15-/m1/s1. The van der Waals surface area contributed by atoms with Crippen LogP contribution in [0, 0.1) is 6.92 Å². The molecule has 144 valence electrons. The maximum Gasteiger partial charge on any atom is 0.275 e. The third kappa shape index (κ3) is 3.89. The Labute approximate surface area is 162 Å². The highest BCUT2D eigenvalue weighted by molar-refractivity contribution is 6.08. The number of nitrogens with zero attached hydrogens (tertiary/aromatic N) is 2. The fourth-order valence-electron chi connectivity index (χ4n) is 3.28. The van der Waals surface area contributed by atoms with Crippen LogP contribution < -0.4 is 10.6 Å². The molecule has 7 heteroatoms. The average Bonchev–Trinajstić information content (AvgIpc) is 3.35. The van der Waals surface area contributed by atoms with Gasteiger partial charge in [-0.2, -0.15) is 0 Å². The molecule has 2 N–H and O–H groups in total. The third-order valence-electron chi connectivity index (χ3n) is 4.78. The first kappa shape index (κ1) is 18.2. The van der Waals surface area contributed by atoms with Crippen LogP contribution in [-0.2, 0) is 4.74 Å². The molecule has 1 saturated heterocycles. The highest BCUT2D eigenvalue weighted by Crippen LogP contribution is 2.17. The number of imidazole rings is 1. The van der Waals surface area contributed by atoms with E-state index in [-0.39, 0.29) is 17.9 Å². The number of ether oxygens (including phenoxy) is 1. The molecule has 0 bridgehead atoms. The van der Waals surface area contributed by atoms with E-state index in [4.69, 9.17) is 4.74 Å². The number of fused-ring (bicyclic) bond motifs is 1. The van der Waals surface area contributed by atoms with Crippen molar-refractivity contribution in [1.29, 1.82) is 0 Å². The number of anilines is 1. The van der Waals surface area contributed by atoms with E-state index in [0.29, 0.717) is 29.1 Å².